The third-order valence-electron chi connectivity index (χ3n) is 4.84. The molecule has 2 N–H and O–H groups in total. The highest BCUT2D eigenvalue weighted by Crippen LogP contribution is 2.34. The van der Waals surface area contributed by atoms with Crippen LogP contribution in [0.15, 0.2) is 65.6 Å². The van der Waals surface area contributed by atoms with Gasteiger partial charge >= 0.3 is 0 Å². The van der Waals surface area contributed by atoms with E-state index in [4.69, 9.17) is 32.7 Å². The number of hydrogen-bond acceptors (Lipinski definition) is 5. The fourth-order valence-electron chi connectivity index (χ4n) is 3.09. The second-order valence-electron chi connectivity index (χ2n) is 7.07. The van der Waals surface area contributed by atoms with Crippen LogP contribution in [0.25, 0.3) is 0 Å². The van der Waals surface area contributed by atoms with E-state index < -0.39 is 10.0 Å². The van der Waals surface area contributed by atoms with Crippen molar-refractivity contribution in [1.82, 2.24) is 5.32 Å². The lowest BCUT2D eigenvalue weighted by Gasteiger charge is -2.15. The maximum absolute atomic E-state index is 12.6. The van der Waals surface area contributed by atoms with Crippen molar-refractivity contribution in [1.29, 1.82) is 0 Å². The van der Waals surface area contributed by atoms with Gasteiger partial charge in [0, 0.05) is 11.3 Å². The van der Waals surface area contributed by atoms with Crippen molar-refractivity contribution in [2.75, 3.05) is 11.5 Å². The number of benzene rings is 3. The molecule has 0 aliphatic carbocycles. The van der Waals surface area contributed by atoms with E-state index in [0.717, 1.165) is 5.56 Å². The van der Waals surface area contributed by atoms with Gasteiger partial charge in [-0.15, -0.1) is 0 Å². The zero-order chi connectivity index (χ0) is 22.9. The third kappa shape index (κ3) is 4.77. The lowest BCUT2D eigenvalue weighted by Crippen LogP contribution is -2.26. The SMILES string of the molecule is CC(NC(=O)c1ccc(NS(=O)(=O)c2ccc(Cl)c(Cl)c2)cc1)c1ccc2c(c1)OCO2. The van der Waals surface area contributed by atoms with Crippen molar-refractivity contribution >= 4 is 44.8 Å². The highest BCUT2D eigenvalue weighted by Gasteiger charge is 2.18. The zero-order valence-electron chi connectivity index (χ0n) is 16.8. The number of sulfonamides is 1. The maximum atomic E-state index is 12.6. The molecule has 32 heavy (non-hydrogen) atoms. The van der Waals surface area contributed by atoms with Gasteiger partial charge in [-0.25, -0.2) is 8.42 Å². The summed E-state index contributed by atoms with van der Waals surface area (Å²) < 4.78 is 38.2. The Morgan fingerprint density at radius 2 is 1.66 bits per heavy atom. The van der Waals surface area contributed by atoms with Crippen molar-refractivity contribution in [3.63, 3.8) is 0 Å². The average molecular weight is 493 g/mol. The second-order valence-corrected chi connectivity index (χ2v) is 9.56. The first-order chi connectivity index (χ1) is 15.2. The van der Waals surface area contributed by atoms with Crippen molar-refractivity contribution in [2.45, 2.75) is 17.9 Å². The Hall–Kier alpha value is -2.94. The fourth-order valence-corrected chi connectivity index (χ4v) is 4.54. The predicted octanol–water partition coefficient (Wildman–Crippen LogP) is 5.01. The number of rotatable bonds is 6. The van der Waals surface area contributed by atoms with E-state index in [2.05, 4.69) is 10.0 Å². The van der Waals surface area contributed by atoms with E-state index >= 15 is 0 Å². The monoisotopic (exact) mass is 492 g/mol. The first kappa shape index (κ1) is 22.3. The molecular formula is C22H18Cl2N2O5S. The summed E-state index contributed by atoms with van der Waals surface area (Å²) in [7, 11) is -3.86. The van der Waals surface area contributed by atoms with Crippen molar-refractivity contribution in [3.05, 3.63) is 81.8 Å². The lowest BCUT2D eigenvalue weighted by molar-refractivity contribution is 0.0940. The maximum Gasteiger partial charge on any atom is 0.261 e. The van der Waals surface area contributed by atoms with Gasteiger partial charge < -0.3 is 14.8 Å². The average Bonchev–Trinajstić information content (AvgIpc) is 3.23. The Bertz CT molecular complexity index is 1280. The van der Waals surface area contributed by atoms with Crippen LogP contribution in [0, 0.1) is 0 Å². The number of ether oxygens (including phenoxy) is 2. The molecule has 1 atom stereocenters. The van der Waals surface area contributed by atoms with Crippen molar-refractivity contribution in [2.24, 2.45) is 0 Å². The van der Waals surface area contributed by atoms with Gasteiger partial charge in [0.05, 0.1) is 21.0 Å². The Kier molecular flexibility index (Phi) is 6.19. The highest BCUT2D eigenvalue weighted by molar-refractivity contribution is 7.92. The molecule has 166 valence electrons. The number of carbonyl (C=O) groups excluding carboxylic acids is 1. The minimum atomic E-state index is -3.86. The van der Waals surface area contributed by atoms with Crippen LogP contribution in [0.5, 0.6) is 11.5 Å². The number of hydrogen-bond donors (Lipinski definition) is 2. The summed E-state index contributed by atoms with van der Waals surface area (Å²) >= 11 is 11.8. The molecule has 0 radical (unpaired) electrons. The standard InChI is InChI=1S/C22H18Cl2N2O5S/c1-13(15-4-9-20-21(10-15)31-12-30-20)25-22(27)14-2-5-16(6-3-14)26-32(28,29)17-7-8-18(23)19(24)11-17/h2-11,13,26H,12H2,1H3,(H,25,27). The molecule has 0 spiro atoms. The Morgan fingerprint density at radius 3 is 2.38 bits per heavy atom. The van der Waals surface area contributed by atoms with E-state index in [0.29, 0.717) is 22.7 Å². The van der Waals surface area contributed by atoms with E-state index in [9.17, 15) is 13.2 Å². The van der Waals surface area contributed by atoms with Crippen LogP contribution >= 0.6 is 23.2 Å². The summed E-state index contributed by atoms with van der Waals surface area (Å²) in [4.78, 5) is 12.6. The molecule has 3 aromatic rings. The van der Waals surface area contributed by atoms with Gasteiger partial charge in [0.25, 0.3) is 15.9 Å². The van der Waals surface area contributed by atoms with Gasteiger partial charge in [-0.3, -0.25) is 9.52 Å². The van der Waals surface area contributed by atoms with Gasteiger partial charge in [-0.2, -0.15) is 0 Å². The molecule has 10 heteroatoms. The van der Waals surface area contributed by atoms with Gasteiger partial charge in [-0.05, 0) is 67.1 Å². The molecule has 7 nitrogen and oxygen atoms in total. The molecule has 1 unspecified atom stereocenters. The summed E-state index contributed by atoms with van der Waals surface area (Å²) in [6.45, 7) is 2.04. The zero-order valence-corrected chi connectivity index (χ0v) is 19.1. The van der Waals surface area contributed by atoms with Crippen LogP contribution in [-0.4, -0.2) is 21.1 Å². The molecule has 1 heterocycles. The van der Waals surface area contributed by atoms with Crippen LogP contribution in [0.2, 0.25) is 10.0 Å². The molecule has 4 rings (SSSR count). The van der Waals surface area contributed by atoms with Gasteiger partial charge in [0.15, 0.2) is 11.5 Å². The second kappa shape index (κ2) is 8.90. The largest absolute Gasteiger partial charge is 0.454 e. The van der Waals surface area contributed by atoms with E-state index in [1.807, 2.05) is 19.1 Å². The minimum Gasteiger partial charge on any atom is -0.454 e. The molecule has 1 amide bonds. The quantitative estimate of drug-likeness (QED) is 0.504. The number of nitrogens with one attached hydrogen (secondary N) is 2. The fraction of sp³-hybridized carbons (Fsp3) is 0.136. The third-order valence-corrected chi connectivity index (χ3v) is 6.96. The van der Waals surface area contributed by atoms with E-state index in [-0.39, 0.29) is 33.7 Å². The van der Waals surface area contributed by atoms with Crippen LogP contribution in [0.3, 0.4) is 0 Å². The molecule has 3 aromatic carbocycles. The normalized spacial score (nSPS) is 13.5. The Balaban J connectivity index is 1.42. The molecule has 0 saturated carbocycles. The molecule has 0 aromatic heterocycles. The number of carbonyl (C=O) groups is 1. The van der Waals surface area contributed by atoms with Crippen LogP contribution in [0.1, 0.15) is 28.9 Å². The molecule has 0 bridgehead atoms. The molecular weight excluding hydrogens is 475 g/mol. The van der Waals surface area contributed by atoms with Crippen LogP contribution in [0.4, 0.5) is 5.69 Å². The Labute approximate surface area is 195 Å². The molecule has 1 aliphatic rings. The van der Waals surface area contributed by atoms with E-state index in [1.165, 1.54) is 42.5 Å². The molecule has 1 aliphatic heterocycles. The smallest absolute Gasteiger partial charge is 0.261 e. The van der Waals surface area contributed by atoms with Gasteiger partial charge in [0.1, 0.15) is 0 Å². The van der Waals surface area contributed by atoms with Gasteiger partial charge in [0.2, 0.25) is 6.79 Å². The van der Waals surface area contributed by atoms with Crippen LogP contribution < -0.4 is 19.5 Å². The van der Waals surface area contributed by atoms with Crippen molar-refractivity contribution < 1.29 is 22.7 Å². The summed E-state index contributed by atoms with van der Waals surface area (Å²) in [5, 5.41) is 3.30. The van der Waals surface area contributed by atoms with Crippen LogP contribution in [-0.2, 0) is 10.0 Å². The number of fused-ring (bicyclic) bond motifs is 1. The first-order valence-corrected chi connectivity index (χ1v) is 11.8. The lowest BCUT2D eigenvalue weighted by atomic mass is 10.1. The summed E-state index contributed by atoms with van der Waals surface area (Å²) in [5.74, 6) is 1.02. The Morgan fingerprint density at radius 1 is 0.938 bits per heavy atom. The predicted molar refractivity (Wildman–Crippen MR) is 122 cm³/mol. The highest BCUT2D eigenvalue weighted by atomic mass is 35.5. The van der Waals surface area contributed by atoms with E-state index in [1.54, 1.807) is 6.07 Å². The topological polar surface area (TPSA) is 93.7 Å². The molecule has 0 fully saturated rings. The number of anilines is 1. The molecule has 0 saturated heterocycles. The minimum absolute atomic E-state index is 0.0220. The summed E-state index contributed by atoms with van der Waals surface area (Å²) in [6.07, 6.45) is 0. The number of amides is 1. The first-order valence-electron chi connectivity index (χ1n) is 9.51. The summed E-state index contributed by atoms with van der Waals surface area (Å²) in [6, 6.07) is 15.3. The number of halogens is 2. The van der Waals surface area contributed by atoms with Crippen molar-refractivity contribution in [3.8, 4) is 11.5 Å². The van der Waals surface area contributed by atoms with Gasteiger partial charge in [-0.1, -0.05) is 29.3 Å². The summed E-state index contributed by atoms with van der Waals surface area (Å²) in [5.41, 5.74) is 1.56.